The molecule has 6 heteroatoms. The first kappa shape index (κ1) is 61.6. The highest BCUT2D eigenvalue weighted by atomic mass is 16.6. The standard InChI is InChI=1S/C59H100O6/c1-4-7-10-13-16-19-22-25-28-29-30-31-32-35-37-40-43-46-49-52-58(61)64-55-56(65-59(62)53-50-47-44-41-38-34-27-24-21-18-15-12-9-6-3)54-63-57(60)51-48-45-42-39-36-33-26-23-20-17-14-11-8-5-2/h7,10,13,16,19,22,25,28-32,35,37,56H,4-6,8-9,11-12,14-15,17-18,20-21,23-24,26-27,33-34,36,38-55H2,1-3H3/b10-7-,16-13-,22-19-,28-25-,30-29+,32-31-,37-35-. The van der Waals surface area contributed by atoms with Crippen molar-refractivity contribution in [3.8, 4) is 0 Å². The fourth-order valence-electron chi connectivity index (χ4n) is 7.54. The maximum Gasteiger partial charge on any atom is 0.306 e. The van der Waals surface area contributed by atoms with E-state index in [1.54, 1.807) is 0 Å². The van der Waals surface area contributed by atoms with Crippen LogP contribution in [0.1, 0.15) is 252 Å². The van der Waals surface area contributed by atoms with Gasteiger partial charge in [0, 0.05) is 19.3 Å². The van der Waals surface area contributed by atoms with Gasteiger partial charge in [0.25, 0.3) is 0 Å². The zero-order valence-electron chi connectivity index (χ0n) is 42.5. The Morgan fingerprint density at radius 1 is 0.323 bits per heavy atom. The number of esters is 3. The van der Waals surface area contributed by atoms with Crippen LogP contribution in [0, 0.1) is 0 Å². The minimum atomic E-state index is -0.792. The van der Waals surface area contributed by atoms with E-state index in [2.05, 4.69) is 32.9 Å². The molecule has 0 bridgehead atoms. The third-order valence-electron chi connectivity index (χ3n) is 11.6. The van der Waals surface area contributed by atoms with E-state index in [0.717, 1.165) is 70.6 Å². The number of hydrogen-bond donors (Lipinski definition) is 0. The predicted molar refractivity (Wildman–Crippen MR) is 279 cm³/mol. The smallest absolute Gasteiger partial charge is 0.306 e. The van der Waals surface area contributed by atoms with E-state index in [1.807, 2.05) is 72.9 Å². The van der Waals surface area contributed by atoms with Gasteiger partial charge in [0.05, 0.1) is 0 Å². The summed E-state index contributed by atoms with van der Waals surface area (Å²) in [5.74, 6) is -0.928. The molecule has 0 aliphatic rings. The molecule has 0 heterocycles. The number of carbonyl (C=O) groups excluding carboxylic acids is 3. The van der Waals surface area contributed by atoms with Crippen molar-refractivity contribution in [3.05, 3.63) is 85.1 Å². The normalized spacial score (nSPS) is 12.7. The van der Waals surface area contributed by atoms with Gasteiger partial charge in [-0.1, -0.05) is 279 Å². The van der Waals surface area contributed by atoms with Crippen LogP contribution in [0.3, 0.4) is 0 Å². The number of rotatable bonds is 48. The first-order chi connectivity index (χ1) is 32.0. The summed E-state index contributed by atoms with van der Waals surface area (Å²) in [6.07, 6.45) is 68.4. The number of allylic oxidation sites excluding steroid dienone is 14. The van der Waals surface area contributed by atoms with Gasteiger partial charge in [-0.05, 0) is 38.5 Å². The van der Waals surface area contributed by atoms with Crippen LogP contribution in [-0.4, -0.2) is 37.2 Å². The summed E-state index contributed by atoms with van der Waals surface area (Å²) in [5, 5.41) is 0. The molecule has 0 fully saturated rings. The molecule has 0 spiro atoms. The molecule has 65 heavy (non-hydrogen) atoms. The van der Waals surface area contributed by atoms with E-state index in [9.17, 15) is 14.4 Å². The van der Waals surface area contributed by atoms with Crippen LogP contribution in [0.25, 0.3) is 0 Å². The summed E-state index contributed by atoms with van der Waals surface area (Å²) in [4.78, 5) is 38.1. The number of unbranched alkanes of at least 4 members (excludes halogenated alkanes) is 29. The van der Waals surface area contributed by atoms with Crippen molar-refractivity contribution < 1.29 is 28.6 Å². The lowest BCUT2D eigenvalue weighted by Gasteiger charge is -2.18. The Morgan fingerprint density at radius 3 is 0.938 bits per heavy atom. The van der Waals surface area contributed by atoms with Crippen LogP contribution in [0.15, 0.2) is 85.1 Å². The van der Waals surface area contributed by atoms with Crippen molar-refractivity contribution in [1.82, 2.24) is 0 Å². The van der Waals surface area contributed by atoms with Crippen LogP contribution < -0.4 is 0 Å². The van der Waals surface area contributed by atoms with Gasteiger partial charge in [-0.15, -0.1) is 0 Å². The van der Waals surface area contributed by atoms with Crippen molar-refractivity contribution in [1.29, 1.82) is 0 Å². The minimum Gasteiger partial charge on any atom is -0.462 e. The molecular formula is C59H100O6. The fourth-order valence-corrected chi connectivity index (χ4v) is 7.54. The Labute approximate surface area is 401 Å². The van der Waals surface area contributed by atoms with Gasteiger partial charge in [0.15, 0.2) is 6.10 Å². The third-order valence-corrected chi connectivity index (χ3v) is 11.6. The largest absolute Gasteiger partial charge is 0.462 e. The number of hydrogen-bond acceptors (Lipinski definition) is 6. The molecule has 0 N–H and O–H groups in total. The lowest BCUT2D eigenvalue weighted by Crippen LogP contribution is -2.30. The molecule has 0 rings (SSSR count). The summed E-state index contributed by atoms with van der Waals surface area (Å²) in [6, 6.07) is 0. The van der Waals surface area contributed by atoms with Gasteiger partial charge in [-0.3, -0.25) is 14.4 Å². The lowest BCUT2D eigenvalue weighted by atomic mass is 10.0. The predicted octanol–water partition coefficient (Wildman–Crippen LogP) is 18.0. The van der Waals surface area contributed by atoms with Gasteiger partial charge < -0.3 is 14.2 Å². The van der Waals surface area contributed by atoms with Gasteiger partial charge >= 0.3 is 17.9 Å². The highest BCUT2D eigenvalue weighted by Crippen LogP contribution is 2.16. The zero-order chi connectivity index (χ0) is 47.2. The van der Waals surface area contributed by atoms with Crippen LogP contribution in [0.2, 0.25) is 0 Å². The molecular weight excluding hydrogens is 805 g/mol. The summed E-state index contributed by atoms with van der Waals surface area (Å²) in [5.41, 5.74) is 0. The molecule has 0 saturated carbocycles. The Bertz CT molecular complexity index is 1270. The van der Waals surface area contributed by atoms with E-state index < -0.39 is 6.10 Å². The minimum absolute atomic E-state index is 0.0882. The van der Waals surface area contributed by atoms with E-state index >= 15 is 0 Å². The second kappa shape index (κ2) is 53.2. The second-order valence-electron chi connectivity index (χ2n) is 18.0. The van der Waals surface area contributed by atoms with Gasteiger partial charge in [0.1, 0.15) is 13.2 Å². The highest BCUT2D eigenvalue weighted by Gasteiger charge is 2.19. The SMILES string of the molecule is CC\C=C/C=C\C=C/C=C\C=C\C=C/C=C\CCCCCC(=O)OCC(COC(=O)CCCCCCCCCCCCCCCC)OC(=O)CCCCCCCCCCCCCCCC. The van der Waals surface area contributed by atoms with E-state index in [1.165, 1.54) is 141 Å². The summed E-state index contributed by atoms with van der Waals surface area (Å²) < 4.78 is 16.8. The maximum absolute atomic E-state index is 12.8. The third kappa shape index (κ3) is 51.4. The topological polar surface area (TPSA) is 78.9 Å². The molecule has 0 saturated heterocycles. The van der Waals surface area contributed by atoms with Crippen LogP contribution in [-0.2, 0) is 28.6 Å². The first-order valence-electron chi connectivity index (χ1n) is 27.2. The summed E-state index contributed by atoms with van der Waals surface area (Å²) in [6.45, 7) is 6.47. The van der Waals surface area contributed by atoms with Crippen LogP contribution >= 0.6 is 0 Å². The Balaban J connectivity index is 4.47. The van der Waals surface area contributed by atoms with Crippen molar-refractivity contribution in [3.63, 3.8) is 0 Å². The number of ether oxygens (including phenoxy) is 3. The molecule has 0 aromatic carbocycles. The van der Waals surface area contributed by atoms with E-state index in [0.29, 0.717) is 19.3 Å². The summed E-state index contributed by atoms with van der Waals surface area (Å²) in [7, 11) is 0. The Morgan fingerprint density at radius 2 is 0.600 bits per heavy atom. The molecule has 0 aromatic rings. The average Bonchev–Trinajstić information content (AvgIpc) is 3.30. The van der Waals surface area contributed by atoms with Crippen molar-refractivity contribution in [2.75, 3.05) is 13.2 Å². The summed E-state index contributed by atoms with van der Waals surface area (Å²) >= 11 is 0. The molecule has 372 valence electrons. The van der Waals surface area contributed by atoms with E-state index in [4.69, 9.17) is 14.2 Å². The molecule has 6 nitrogen and oxygen atoms in total. The van der Waals surface area contributed by atoms with Crippen molar-refractivity contribution >= 4 is 17.9 Å². The monoisotopic (exact) mass is 905 g/mol. The molecule has 0 aliphatic carbocycles. The Hall–Kier alpha value is -3.41. The first-order valence-corrected chi connectivity index (χ1v) is 27.2. The second-order valence-corrected chi connectivity index (χ2v) is 18.0. The lowest BCUT2D eigenvalue weighted by molar-refractivity contribution is -0.167. The fraction of sp³-hybridized carbons (Fsp3) is 0.712. The molecule has 0 radical (unpaired) electrons. The van der Waals surface area contributed by atoms with Gasteiger partial charge in [-0.2, -0.15) is 0 Å². The quantitative estimate of drug-likeness (QED) is 0.0262. The maximum atomic E-state index is 12.8. The van der Waals surface area contributed by atoms with Crippen LogP contribution in [0.5, 0.6) is 0 Å². The highest BCUT2D eigenvalue weighted by molar-refractivity contribution is 5.71. The molecule has 0 aromatic heterocycles. The van der Waals surface area contributed by atoms with Crippen molar-refractivity contribution in [2.24, 2.45) is 0 Å². The Kier molecular flexibility index (Phi) is 50.4. The van der Waals surface area contributed by atoms with Crippen molar-refractivity contribution in [2.45, 2.75) is 258 Å². The molecule has 1 atom stereocenters. The average molecular weight is 905 g/mol. The molecule has 1 unspecified atom stereocenters. The number of carbonyl (C=O) groups is 3. The van der Waals surface area contributed by atoms with Gasteiger partial charge in [0.2, 0.25) is 0 Å². The molecule has 0 aliphatic heterocycles. The zero-order valence-corrected chi connectivity index (χ0v) is 42.5. The van der Waals surface area contributed by atoms with Gasteiger partial charge in [-0.25, -0.2) is 0 Å². The van der Waals surface area contributed by atoms with Crippen LogP contribution in [0.4, 0.5) is 0 Å². The molecule has 0 amide bonds. The van der Waals surface area contributed by atoms with E-state index in [-0.39, 0.29) is 31.1 Å².